The molecule has 0 spiro atoms. The maximum absolute atomic E-state index is 13.2. The van der Waals surface area contributed by atoms with Crippen molar-refractivity contribution in [2.75, 3.05) is 0 Å². The molecule has 1 aliphatic heterocycles. The van der Waals surface area contributed by atoms with E-state index in [2.05, 4.69) is 24.3 Å². The van der Waals surface area contributed by atoms with E-state index in [4.69, 9.17) is 27.9 Å². The molecule has 1 aliphatic carbocycles. The summed E-state index contributed by atoms with van der Waals surface area (Å²) < 4.78 is 5.97. The molecule has 0 unspecified atom stereocenters. The van der Waals surface area contributed by atoms with Crippen molar-refractivity contribution in [3.63, 3.8) is 0 Å². The van der Waals surface area contributed by atoms with Gasteiger partial charge in [-0.25, -0.2) is 0 Å². The van der Waals surface area contributed by atoms with Crippen molar-refractivity contribution in [1.29, 1.82) is 0 Å². The van der Waals surface area contributed by atoms with Crippen molar-refractivity contribution in [3.05, 3.63) is 63.6 Å². The van der Waals surface area contributed by atoms with Crippen LogP contribution < -0.4 is 0 Å². The average Bonchev–Trinajstić information content (AvgIpc) is 3.42. The van der Waals surface area contributed by atoms with Crippen LogP contribution in [0.3, 0.4) is 0 Å². The maximum Gasteiger partial charge on any atom is 0.195 e. The quantitative estimate of drug-likeness (QED) is 0.547. The van der Waals surface area contributed by atoms with Gasteiger partial charge >= 0.3 is 0 Å². The Kier molecular flexibility index (Phi) is 4.73. The highest BCUT2D eigenvalue weighted by molar-refractivity contribution is 6.36. The first-order valence-electron chi connectivity index (χ1n) is 9.57. The summed E-state index contributed by atoms with van der Waals surface area (Å²) in [6, 6.07) is 11.8. The van der Waals surface area contributed by atoms with Crippen molar-refractivity contribution in [3.8, 4) is 11.1 Å². The molecule has 2 aliphatic rings. The maximum atomic E-state index is 13.2. The number of hydrogen-bond acceptors (Lipinski definition) is 2. The van der Waals surface area contributed by atoms with E-state index >= 15 is 0 Å². The highest BCUT2D eigenvalue weighted by Gasteiger charge is 2.43. The molecule has 4 heteroatoms. The van der Waals surface area contributed by atoms with E-state index in [-0.39, 0.29) is 5.78 Å². The Labute approximate surface area is 176 Å². The third-order valence-electron chi connectivity index (χ3n) is 5.29. The summed E-state index contributed by atoms with van der Waals surface area (Å²) in [5, 5.41) is 1.19. The predicted octanol–water partition coefficient (Wildman–Crippen LogP) is 6.88. The van der Waals surface area contributed by atoms with Crippen LogP contribution >= 0.6 is 23.2 Å². The highest BCUT2D eigenvalue weighted by atomic mass is 35.5. The van der Waals surface area contributed by atoms with Gasteiger partial charge in [-0.3, -0.25) is 4.79 Å². The Morgan fingerprint density at radius 1 is 1.00 bits per heavy atom. The molecule has 2 nitrogen and oxygen atoms in total. The minimum absolute atomic E-state index is 0.0342. The van der Waals surface area contributed by atoms with Gasteiger partial charge in [-0.2, -0.15) is 0 Å². The van der Waals surface area contributed by atoms with Crippen LogP contribution in [0.25, 0.3) is 16.7 Å². The molecule has 0 bridgehead atoms. The molecule has 0 aromatic heterocycles. The predicted molar refractivity (Wildman–Crippen MR) is 115 cm³/mol. The molecule has 2 aromatic carbocycles. The number of ketones is 1. The number of hydrogen-bond donors (Lipinski definition) is 0. The van der Waals surface area contributed by atoms with Crippen LogP contribution in [0.1, 0.15) is 57.6 Å². The van der Waals surface area contributed by atoms with Crippen molar-refractivity contribution >= 4 is 34.6 Å². The molecular formula is C24H23Cl2O2. The number of rotatable bonds is 3. The fraction of sp³-hybridized carbons (Fsp3) is 0.375. The van der Waals surface area contributed by atoms with Crippen LogP contribution in [0, 0.1) is 6.08 Å². The van der Waals surface area contributed by atoms with E-state index in [1.807, 2.05) is 39.8 Å². The number of benzene rings is 2. The van der Waals surface area contributed by atoms with E-state index in [0.29, 0.717) is 21.5 Å². The lowest BCUT2D eigenvalue weighted by molar-refractivity contribution is -0.151. The Morgan fingerprint density at radius 3 is 2.36 bits per heavy atom. The average molecular weight is 414 g/mol. The third kappa shape index (κ3) is 3.66. The Morgan fingerprint density at radius 2 is 1.71 bits per heavy atom. The molecule has 28 heavy (non-hydrogen) atoms. The van der Waals surface area contributed by atoms with Gasteiger partial charge in [0.05, 0.1) is 5.60 Å². The van der Waals surface area contributed by atoms with Crippen molar-refractivity contribution in [2.45, 2.75) is 57.7 Å². The molecule has 0 N–H and O–H groups in total. The summed E-state index contributed by atoms with van der Waals surface area (Å²) in [7, 11) is 0. The van der Waals surface area contributed by atoms with Crippen LogP contribution in [0.4, 0.5) is 0 Å². The summed E-state index contributed by atoms with van der Waals surface area (Å²) in [6.45, 7) is 7.54. The normalized spacial score (nSPS) is 20.8. The fourth-order valence-corrected chi connectivity index (χ4v) is 4.49. The highest BCUT2D eigenvalue weighted by Crippen LogP contribution is 2.46. The molecule has 1 heterocycles. The SMILES string of the molecule is CC1(C)[C]=C(c2cc(-c3ccc(Cl)cc3Cl)ccc2C2CC2)C(=O)C(C)(C)O1. The van der Waals surface area contributed by atoms with E-state index in [9.17, 15) is 4.79 Å². The third-order valence-corrected chi connectivity index (χ3v) is 5.84. The Bertz CT molecular complexity index is 998. The molecule has 2 aromatic rings. The van der Waals surface area contributed by atoms with Crippen molar-refractivity contribution < 1.29 is 9.53 Å². The van der Waals surface area contributed by atoms with Gasteiger partial charge in [-0.15, -0.1) is 0 Å². The fourth-order valence-electron chi connectivity index (χ4n) is 3.97. The van der Waals surface area contributed by atoms with Crippen LogP contribution in [-0.4, -0.2) is 17.0 Å². The summed E-state index contributed by atoms with van der Waals surface area (Å²) >= 11 is 12.5. The first-order valence-corrected chi connectivity index (χ1v) is 10.3. The summed E-state index contributed by atoms with van der Waals surface area (Å²) in [4.78, 5) is 13.2. The monoisotopic (exact) mass is 413 g/mol. The molecule has 1 fully saturated rings. The zero-order valence-corrected chi connectivity index (χ0v) is 18.0. The molecule has 1 radical (unpaired) electrons. The van der Waals surface area contributed by atoms with Gasteiger partial charge in [-0.05, 0) is 81.3 Å². The second kappa shape index (κ2) is 6.73. The van der Waals surface area contributed by atoms with Gasteiger partial charge in [0.15, 0.2) is 5.78 Å². The summed E-state index contributed by atoms with van der Waals surface area (Å²) in [5.41, 5.74) is 3.10. The zero-order chi connectivity index (χ0) is 20.3. The molecule has 0 amide bonds. The van der Waals surface area contributed by atoms with E-state index in [1.54, 1.807) is 6.07 Å². The van der Waals surface area contributed by atoms with Crippen LogP contribution in [-0.2, 0) is 9.53 Å². The number of halogens is 2. The Balaban J connectivity index is 1.90. The molecular weight excluding hydrogens is 391 g/mol. The zero-order valence-electron chi connectivity index (χ0n) is 16.5. The lowest BCUT2D eigenvalue weighted by Gasteiger charge is -2.38. The number of Topliss-reactive ketones (excluding diaryl/α,β-unsaturated/α-hetero) is 1. The first kappa shape index (κ1) is 19.7. The molecule has 4 rings (SSSR count). The van der Waals surface area contributed by atoms with E-state index in [0.717, 1.165) is 29.5 Å². The van der Waals surface area contributed by atoms with Gasteiger partial charge in [0.25, 0.3) is 0 Å². The lowest BCUT2D eigenvalue weighted by Crippen LogP contribution is -2.47. The minimum Gasteiger partial charge on any atom is -0.357 e. The lowest BCUT2D eigenvalue weighted by atomic mass is 9.81. The molecule has 0 saturated heterocycles. The molecule has 1 saturated carbocycles. The number of carbonyl (C=O) groups excluding carboxylic acids is 1. The minimum atomic E-state index is -0.890. The van der Waals surface area contributed by atoms with E-state index < -0.39 is 11.2 Å². The van der Waals surface area contributed by atoms with Gasteiger partial charge in [0, 0.05) is 27.3 Å². The summed E-state index contributed by atoms with van der Waals surface area (Å²) in [6.07, 6.45) is 5.63. The number of carbonyl (C=O) groups is 1. The van der Waals surface area contributed by atoms with Gasteiger partial charge in [0.2, 0.25) is 0 Å². The molecule has 0 atom stereocenters. The standard InChI is InChI=1S/C24H23Cl2O2/c1-23(2)13-20(22(27)24(3,4)28-23)19-11-15(7-9-17(19)14-5-6-14)18-10-8-16(25)12-21(18)26/h7-12,14H,5-6H2,1-4H3. The van der Waals surface area contributed by atoms with Gasteiger partial charge in [-0.1, -0.05) is 41.4 Å². The van der Waals surface area contributed by atoms with Gasteiger partial charge < -0.3 is 4.74 Å². The number of ether oxygens (including phenoxy) is 1. The molecule has 145 valence electrons. The smallest absolute Gasteiger partial charge is 0.195 e. The van der Waals surface area contributed by atoms with E-state index in [1.165, 1.54) is 5.56 Å². The van der Waals surface area contributed by atoms with Crippen LogP contribution in [0.2, 0.25) is 10.0 Å². The summed E-state index contributed by atoms with van der Waals surface area (Å²) in [5.74, 6) is 0.467. The van der Waals surface area contributed by atoms with Crippen LogP contribution in [0.15, 0.2) is 36.4 Å². The van der Waals surface area contributed by atoms with Crippen molar-refractivity contribution in [1.82, 2.24) is 0 Å². The Hall–Kier alpha value is -1.61. The topological polar surface area (TPSA) is 26.3 Å². The van der Waals surface area contributed by atoms with Gasteiger partial charge in [0.1, 0.15) is 5.60 Å². The second-order valence-corrected chi connectivity index (χ2v) is 9.50. The second-order valence-electron chi connectivity index (χ2n) is 8.65. The largest absolute Gasteiger partial charge is 0.357 e. The van der Waals surface area contributed by atoms with Crippen molar-refractivity contribution in [2.24, 2.45) is 0 Å². The van der Waals surface area contributed by atoms with Crippen LogP contribution in [0.5, 0.6) is 0 Å². The first-order chi connectivity index (χ1) is 13.1.